The molecule has 7 heteroatoms. The molecule has 2 aliphatic heterocycles. The van der Waals surface area contributed by atoms with Crippen molar-refractivity contribution in [1.82, 2.24) is 19.9 Å². The van der Waals surface area contributed by atoms with Crippen molar-refractivity contribution in [1.29, 1.82) is 0 Å². The fraction of sp³-hybridized carbons (Fsp3) is 0.500. The second-order valence-electron chi connectivity index (χ2n) is 6.83. The molecule has 4 rings (SSSR count). The molecule has 2 unspecified atom stereocenters. The SMILES string of the molecule is COCc1cn(C2CC3CCC(C2)N3C(=O)c2ccccc2Cl)nn1. The van der Waals surface area contributed by atoms with Crippen molar-refractivity contribution in [3.63, 3.8) is 0 Å². The number of fused-ring (bicyclic) bond motifs is 2. The van der Waals surface area contributed by atoms with Gasteiger partial charge >= 0.3 is 0 Å². The lowest BCUT2D eigenvalue weighted by molar-refractivity contribution is 0.0523. The number of rotatable bonds is 4. The van der Waals surface area contributed by atoms with E-state index in [9.17, 15) is 4.79 Å². The highest BCUT2D eigenvalue weighted by atomic mass is 35.5. The number of carbonyl (C=O) groups is 1. The highest BCUT2D eigenvalue weighted by Crippen LogP contribution is 2.41. The maximum atomic E-state index is 13.0. The number of methoxy groups -OCH3 is 1. The fourth-order valence-corrected chi connectivity index (χ4v) is 4.39. The Morgan fingerprint density at radius 3 is 2.64 bits per heavy atom. The Morgan fingerprint density at radius 1 is 1.24 bits per heavy atom. The zero-order valence-electron chi connectivity index (χ0n) is 14.1. The second-order valence-corrected chi connectivity index (χ2v) is 7.23. The van der Waals surface area contributed by atoms with Crippen LogP contribution in [0.2, 0.25) is 5.02 Å². The number of aromatic nitrogens is 3. The van der Waals surface area contributed by atoms with Crippen LogP contribution in [0.5, 0.6) is 0 Å². The summed E-state index contributed by atoms with van der Waals surface area (Å²) in [4.78, 5) is 15.1. The average Bonchev–Trinajstić information content (AvgIpc) is 3.17. The number of amides is 1. The summed E-state index contributed by atoms with van der Waals surface area (Å²) in [7, 11) is 1.65. The summed E-state index contributed by atoms with van der Waals surface area (Å²) in [5.41, 5.74) is 1.44. The fourth-order valence-electron chi connectivity index (χ4n) is 4.18. The summed E-state index contributed by atoms with van der Waals surface area (Å²) in [6.45, 7) is 0.469. The predicted octanol–water partition coefficient (Wildman–Crippen LogP) is 3.09. The Morgan fingerprint density at radius 2 is 1.96 bits per heavy atom. The van der Waals surface area contributed by atoms with Gasteiger partial charge in [-0.15, -0.1) is 5.10 Å². The molecule has 1 amide bonds. The molecule has 1 aromatic heterocycles. The molecule has 2 atom stereocenters. The normalized spacial score (nSPS) is 25.4. The van der Waals surface area contributed by atoms with Crippen LogP contribution in [0.15, 0.2) is 30.5 Å². The van der Waals surface area contributed by atoms with Crippen LogP contribution in [-0.4, -0.2) is 45.0 Å². The lowest BCUT2D eigenvalue weighted by Crippen LogP contribution is -2.47. The molecule has 2 bridgehead atoms. The molecule has 0 N–H and O–H groups in total. The van der Waals surface area contributed by atoms with Gasteiger partial charge in [0.15, 0.2) is 0 Å². The van der Waals surface area contributed by atoms with Gasteiger partial charge in [0.1, 0.15) is 5.69 Å². The monoisotopic (exact) mass is 360 g/mol. The zero-order valence-corrected chi connectivity index (χ0v) is 14.9. The van der Waals surface area contributed by atoms with E-state index in [-0.39, 0.29) is 24.0 Å². The van der Waals surface area contributed by atoms with Gasteiger partial charge in [-0.2, -0.15) is 0 Å². The molecule has 132 valence electrons. The Hall–Kier alpha value is -1.92. The average molecular weight is 361 g/mol. The highest BCUT2D eigenvalue weighted by Gasteiger charge is 2.44. The largest absolute Gasteiger partial charge is 0.378 e. The van der Waals surface area contributed by atoms with Crippen LogP contribution >= 0.6 is 11.6 Å². The van der Waals surface area contributed by atoms with Gasteiger partial charge < -0.3 is 9.64 Å². The summed E-state index contributed by atoms with van der Waals surface area (Å²) in [6, 6.07) is 8.06. The van der Waals surface area contributed by atoms with Crippen LogP contribution in [0, 0.1) is 0 Å². The van der Waals surface area contributed by atoms with E-state index in [4.69, 9.17) is 16.3 Å². The standard InChI is InChI=1S/C18H21ClN4O2/c1-25-11-12-10-22(21-20-12)15-8-13-6-7-14(9-15)23(13)18(24)16-4-2-3-5-17(16)19/h2-5,10,13-15H,6-9,11H2,1H3. The van der Waals surface area contributed by atoms with Crippen molar-refractivity contribution in [2.24, 2.45) is 0 Å². The molecular weight excluding hydrogens is 340 g/mol. The van der Waals surface area contributed by atoms with Crippen LogP contribution in [0.4, 0.5) is 0 Å². The van der Waals surface area contributed by atoms with Crippen LogP contribution in [0.25, 0.3) is 0 Å². The Balaban J connectivity index is 1.52. The molecule has 2 aromatic rings. The first-order valence-electron chi connectivity index (χ1n) is 8.64. The smallest absolute Gasteiger partial charge is 0.255 e. The first-order valence-corrected chi connectivity index (χ1v) is 9.02. The summed E-state index contributed by atoms with van der Waals surface area (Å²) in [5, 5.41) is 8.94. The first-order chi connectivity index (χ1) is 12.2. The van der Waals surface area contributed by atoms with Crippen LogP contribution in [0.3, 0.4) is 0 Å². The Kier molecular flexibility index (Phi) is 4.48. The highest BCUT2D eigenvalue weighted by molar-refractivity contribution is 6.33. The van der Waals surface area contributed by atoms with Gasteiger partial charge in [-0.3, -0.25) is 4.79 Å². The molecule has 0 saturated carbocycles. The van der Waals surface area contributed by atoms with Crippen molar-refractivity contribution in [3.05, 3.63) is 46.7 Å². The molecular formula is C18H21ClN4O2. The number of carbonyl (C=O) groups excluding carboxylic acids is 1. The minimum absolute atomic E-state index is 0.0511. The molecule has 3 heterocycles. The van der Waals surface area contributed by atoms with Crippen LogP contribution in [0.1, 0.15) is 47.8 Å². The summed E-state index contributed by atoms with van der Waals surface area (Å²) in [5.74, 6) is 0.0511. The number of hydrogen-bond donors (Lipinski definition) is 0. The molecule has 2 saturated heterocycles. The zero-order chi connectivity index (χ0) is 17.4. The van der Waals surface area contributed by atoms with Crippen LogP contribution < -0.4 is 0 Å². The predicted molar refractivity (Wildman–Crippen MR) is 93.4 cm³/mol. The third-order valence-electron chi connectivity index (χ3n) is 5.27. The van der Waals surface area contributed by atoms with Crippen molar-refractivity contribution in [3.8, 4) is 0 Å². The van der Waals surface area contributed by atoms with E-state index in [0.29, 0.717) is 17.2 Å². The Bertz CT molecular complexity index is 764. The van der Waals surface area contributed by atoms with Gasteiger partial charge in [0.25, 0.3) is 5.91 Å². The third kappa shape index (κ3) is 3.04. The number of hydrogen-bond acceptors (Lipinski definition) is 4. The lowest BCUT2D eigenvalue weighted by atomic mass is 9.96. The van der Waals surface area contributed by atoms with Crippen LogP contribution in [-0.2, 0) is 11.3 Å². The van der Waals surface area contributed by atoms with Gasteiger partial charge in [0, 0.05) is 19.2 Å². The maximum absolute atomic E-state index is 13.0. The van der Waals surface area contributed by atoms with E-state index in [1.54, 1.807) is 13.2 Å². The van der Waals surface area contributed by atoms with E-state index in [0.717, 1.165) is 31.4 Å². The number of nitrogens with zero attached hydrogens (tertiary/aromatic N) is 4. The topological polar surface area (TPSA) is 60.2 Å². The van der Waals surface area contributed by atoms with E-state index >= 15 is 0 Å². The molecule has 1 aromatic carbocycles. The summed E-state index contributed by atoms with van der Waals surface area (Å²) in [6.07, 6.45) is 5.85. The van der Waals surface area contributed by atoms with E-state index < -0.39 is 0 Å². The van der Waals surface area contributed by atoms with E-state index in [1.165, 1.54) is 0 Å². The summed E-state index contributed by atoms with van der Waals surface area (Å²) < 4.78 is 7.05. The van der Waals surface area contributed by atoms with Crippen molar-refractivity contribution in [2.75, 3.05) is 7.11 Å². The molecule has 25 heavy (non-hydrogen) atoms. The first kappa shape index (κ1) is 16.5. The number of piperidine rings is 1. The summed E-state index contributed by atoms with van der Waals surface area (Å²) >= 11 is 6.23. The molecule has 2 aliphatic rings. The van der Waals surface area contributed by atoms with Gasteiger partial charge in [-0.05, 0) is 37.8 Å². The third-order valence-corrected chi connectivity index (χ3v) is 5.60. The van der Waals surface area contributed by atoms with E-state index in [2.05, 4.69) is 10.3 Å². The van der Waals surface area contributed by atoms with Gasteiger partial charge in [0.2, 0.25) is 0 Å². The van der Waals surface area contributed by atoms with Gasteiger partial charge in [-0.1, -0.05) is 28.9 Å². The number of ether oxygens (including phenoxy) is 1. The molecule has 2 fully saturated rings. The maximum Gasteiger partial charge on any atom is 0.255 e. The molecule has 6 nitrogen and oxygen atoms in total. The lowest BCUT2D eigenvalue weighted by Gasteiger charge is -2.39. The Labute approximate surface area is 151 Å². The van der Waals surface area contributed by atoms with Crippen molar-refractivity contribution in [2.45, 2.75) is 50.4 Å². The quantitative estimate of drug-likeness (QED) is 0.840. The minimum atomic E-state index is 0.0511. The number of halogens is 1. The minimum Gasteiger partial charge on any atom is -0.378 e. The van der Waals surface area contributed by atoms with Gasteiger partial charge in [-0.25, -0.2) is 4.68 Å². The van der Waals surface area contributed by atoms with Crippen molar-refractivity contribution < 1.29 is 9.53 Å². The number of benzene rings is 1. The molecule has 0 spiro atoms. The van der Waals surface area contributed by atoms with E-state index in [1.807, 2.05) is 34.0 Å². The van der Waals surface area contributed by atoms with Gasteiger partial charge in [0.05, 0.1) is 29.4 Å². The molecule has 0 aliphatic carbocycles. The van der Waals surface area contributed by atoms with Crippen molar-refractivity contribution >= 4 is 17.5 Å². The second kappa shape index (κ2) is 6.77. The molecule has 0 radical (unpaired) electrons.